The van der Waals surface area contributed by atoms with Crippen LogP contribution in [0.25, 0.3) is 0 Å². The molecule has 2 fully saturated rings. The number of fused-ring (bicyclic) bond motifs is 2. The predicted molar refractivity (Wildman–Crippen MR) is 51.0 cm³/mol. The Morgan fingerprint density at radius 1 is 1.43 bits per heavy atom. The fourth-order valence-corrected chi connectivity index (χ4v) is 2.97. The highest BCUT2D eigenvalue weighted by molar-refractivity contribution is 5.69. The Morgan fingerprint density at radius 3 is 2.36 bits per heavy atom. The Morgan fingerprint density at radius 2 is 1.93 bits per heavy atom. The van der Waals surface area contributed by atoms with Crippen molar-refractivity contribution in [2.45, 2.75) is 50.3 Å². The standard InChI is InChI=1S/C10H17NO3/c1-10(14)4-7-2-3-8(5-10)11(7)6-9(12)13/h7-8,14H,2-6H2,1H3,(H,12,13). The number of hydrogen-bond donors (Lipinski definition) is 2. The second-order valence-corrected chi connectivity index (χ2v) is 4.86. The van der Waals surface area contributed by atoms with Crippen molar-refractivity contribution in [3.05, 3.63) is 0 Å². The number of aliphatic carboxylic acids is 1. The van der Waals surface area contributed by atoms with Crippen LogP contribution in [0.4, 0.5) is 0 Å². The quantitative estimate of drug-likeness (QED) is 0.678. The SMILES string of the molecule is CC1(O)CC2CCC(C1)N2CC(=O)O. The van der Waals surface area contributed by atoms with Crippen LogP contribution in [0.3, 0.4) is 0 Å². The third-order valence-corrected chi connectivity index (χ3v) is 3.44. The molecule has 0 aromatic rings. The van der Waals surface area contributed by atoms with Crippen LogP contribution in [0, 0.1) is 0 Å². The summed E-state index contributed by atoms with van der Waals surface area (Å²) < 4.78 is 0. The summed E-state index contributed by atoms with van der Waals surface area (Å²) in [6, 6.07) is 0.555. The summed E-state index contributed by atoms with van der Waals surface area (Å²) >= 11 is 0. The van der Waals surface area contributed by atoms with Gasteiger partial charge in [0.25, 0.3) is 0 Å². The average molecular weight is 199 g/mol. The third-order valence-electron chi connectivity index (χ3n) is 3.44. The van der Waals surface area contributed by atoms with Crippen LogP contribution < -0.4 is 0 Å². The number of carboxylic acids is 1. The first kappa shape index (κ1) is 9.93. The molecule has 0 spiro atoms. The first-order valence-corrected chi connectivity index (χ1v) is 5.18. The lowest BCUT2D eigenvalue weighted by molar-refractivity contribution is -0.141. The number of piperidine rings is 1. The van der Waals surface area contributed by atoms with E-state index in [0.717, 1.165) is 25.7 Å². The summed E-state index contributed by atoms with van der Waals surface area (Å²) in [5.74, 6) is -0.761. The Bertz CT molecular complexity index is 236. The summed E-state index contributed by atoms with van der Waals surface area (Å²) in [5.41, 5.74) is -0.583. The monoisotopic (exact) mass is 199 g/mol. The van der Waals surface area contributed by atoms with E-state index in [9.17, 15) is 9.90 Å². The summed E-state index contributed by atoms with van der Waals surface area (Å²) in [7, 11) is 0. The fourth-order valence-electron chi connectivity index (χ4n) is 2.97. The van der Waals surface area contributed by atoms with Gasteiger partial charge in [0.15, 0.2) is 0 Å². The molecule has 0 saturated carbocycles. The van der Waals surface area contributed by atoms with E-state index in [2.05, 4.69) is 0 Å². The molecule has 2 saturated heterocycles. The van der Waals surface area contributed by atoms with Gasteiger partial charge in [-0.25, -0.2) is 0 Å². The van der Waals surface area contributed by atoms with Crippen molar-refractivity contribution in [2.75, 3.05) is 6.54 Å². The summed E-state index contributed by atoms with van der Waals surface area (Å²) in [4.78, 5) is 12.7. The van der Waals surface area contributed by atoms with E-state index in [-0.39, 0.29) is 18.6 Å². The van der Waals surface area contributed by atoms with Gasteiger partial charge in [-0.05, 0) is 32.6 Å². The molecular formula is C10H17NO3. The Hall–Kier alpha value is -0.610. The molecule has 2 heterocycles. The van der Waals surface area contributed by atoms with E-state index in [0.29, 0.717) is 0 Å². The molecule has 4 heteroatoms. The van der Waals surface area contributed by atoms with Crippen molar-refractivity contribution >= 4 is 5.97 Å². The van der Waals surface area contributed by atoms with Gasteiger partial charge < -0.3 is 10.2 Å². The van der Waals surface area contributed by atoms with Crippen LogP contribution in [-0.2, 0) is 4.79 Å². The van der Waals surface area contributed by atoms with Crippen LogP contribution in [0.1, 0.15) is 32.6 Å². The lowest BCUT2D eigenvalue weighted by atomic mass is 9.88. The molecule has 0 amide bonds. The molecule has 0 radical (unpaired) electrons. The van der Waals surface area contributed by atoms with Gasteiger partial charge in [-0.2, -0.15) is 0 Å². The number of nitrogens with zero attached hydrogens (tertiary/aromatic N) is 1. The van der Waals surface area contributed by atoms with Crippen molar-refractivity contribution in [1.82, 2.24) is 4.90 Å². The van der Waals surface area contributed by atoms with Gasteiger partial charge in [0.05, 0.1) is 12.1 Å². The Labute approximate surface area is 83.5 Å². The number of carbonyl (C=O) groups is 1. The van der Waals surface area contributed by atoms with Crippen LogP contribution in [0.5, 0.6) is 0 Å². The van der Waals surface area contributed by atoms with E-state index >= 15 is 0 Å². The highest BCUT2D eigenvalue weighted by Gasteiger charge is 2.45. The molecule has 80 valence electrons. The molecular weight excluding hydrogens is 182 g/mol. The molecule has 2 atom stereocenters. The van der Waals surface area contributed by atoms with E-state index in [1.54, 1.807) is 0 Å². The molecule has 2 rings (SSSR count). The van der Waals surface area contributed by atoms with E-state index in [1.807, 2.05) is 11.8 Å². The summed E-state index contributed by atoms with van der Waals surface area (Å²) in [5, 5.41) is 18.7. The molecule has 0 aromatic carbocycles. The lowest BCUT2D eigenvalue weighted by Crippen LogP contribution is -2.51. The van der Waals surface area contributed by atoms with Crippen molar-refractivity contribution in [3.63, 3.8) is 0 Å². The zero-order chi connectivity index (χ0) is 10.3. The zero-order valence-electron chi connectivity index (χ0n) is 8.44. The second-order valence-electron chi connectivity index (χ2n) is 4.86. The second kappa shape index (κ2) is 3.21. The number of aliphatic hydroxyl groups is 1. The van der Waals surface area contributed by atoms with Gasteiger partial charge in [-0.3, -0.25) is 9.69 Å². The van der Waals surface area contributed by atoms with E-state index in [4.69, 9.17) is 5.11 Å². The van der Waals surface area contributed by atoms with Gasteiger partial charge in [-0.15, -0.1) is 0 Å². The van der Waals surface area contributed by atoms with Crippen molar-refractivity contribution in [3.8, 4) is 0 Å². The van der Waals surface area contributed by atoms with Gasteiger partial charge in [-0.1, -0.05) is 0 Å². The molecule has 0 aliphatic carbocycles. The first-order chi connectivity index (χ1) is 6.48. The maximum atomic E-state index is 10.6. The molecule has 0 aromatic heterocycles. The Kier molecular flexibility index (Phi) is 2.27. The molecule has 2 bridgehead atoms. The van der Waals surface area contributed by atoms with Gasteiger partial charge >= 0.3 is 5.97 Å². The minimum absolute atomic E-state index is 0.130. The third kappa shape index (κ3) is 1.77. The van der Waals surface area contributed by atoms with Crippen LogP contribution in [-0.4, -0.2) is 45.3 Å². The van der Waals surface area contributed by atoms with Crippen LogP contribution in [0.15, 0.2) is 0 Å². The molecule has 2 unspecified atom stereocenters. The van der Waals surface area contributed by atoms with Crippen molar-refractivity contribution < 1.29 is 15.0 Å². The number of hydrogen-bond acceptors (Lipinski definition) is 3. The molecule has 2 N–H and O–H groups in total. The highest BCUT2D eigenvalue weighted by Crippen LogP contribution is 2.40. The predicted octanol–water partition coefficient (Wildman–Crippen LogP) is 0.449. The first-order valence-electron chi connectivity index (χ1n) is 5.18. The molecule has 14 heavy (non-hydrogen) atoms. The Balaban J connectivity index is 2.06. The average Bonchev–Trinajstić information content (AvgIpc) is 2.31. The largest absolute Gasteiger partial charge is 0.480 e. The van der Waals surface area contributed by atoms with Crippen LogP contribution >= 0.6 is 0 Å². The van der Waals surface area contributed by atoms with Gasteiger partial charge in [0.1, 0.15) is 0 Å². The van der Waals surface area contributed by atoms with E-state index in [1.165, 1.54) is 0 Å². The minimum atomic E-state index is -0.761. The highest BCUT2D eigenvalue weighted by atomic mass is 16.4. The molecule has 2 aliphatic rings. The van der Waals surface area contributed by atoms with E-state index < -0.39 is 11.6 Å². The normalized spacial score (nSPS) is 42.7. The fraction of sp³-hybridized carbons (Fsp3) is 0.900. The van der Waals surface area contributed by atoms with Gasteiger partial charge in [0, 0.05) is 12.1 Å². The van der Waals surface area contributed by atoms with Crippen molar-refractivity contribution in [2.24, 2.45) is 0 Å². The van der Waals surface area contributed by atoms with Crippen molar-refractivity contribution in [1.29, 1.82) is 0 Å². The lowest BCUT2D eigenvalue weighted by Gasteiger charge is -2.41. The maximum absolute atomic E-state index is 10.6. The number of rotatable bonds is 2. The molecule has 2 aliphatic heterocycles. The maximum Gasteiger partial charge on any atom is 0.317 e. The topological polar surface area (TPSA) is 60.8 Å². The van der Waals surface area contributed by atoms with Gasteiger partial charge in [0.2, 0.25) is 0 Å². The minimum Gasteiger partial charge on any atom is -0.480 e. The summed E-state index contributed by atoms with van der Waals surface area (Å²) in [6.07, 6.45) is 3.51. The van der Waals surface area contributed by atoms with Crippen LogP contribution in [0.2, 0.25) is 0 Å². The smallest absolute Gasteiger partial charge is 0.317 e. The number of carboxylic acid groups (broad SMARTS) is 1. The zero-order valence-corrected chi connectivity index (χ0v) is 8.44. The summed E-state index contributed by atoms with van der Waals surface area (Å²) in [6.45, 7) is 1.99. The molecule has 4 nitrogen and oxygen atoms in total.